The van der Waals surface area contributed by atoms with E-state index in [0.29, 0.717) is 52.0 Å². The molecule has 0 bridgehead atoms. The van der Waals surface area contributed by atoms with E-state index < -0.39 is 17.9 Å². The molecule has 0 unspecified atom stereocenters. The van der Waals surface area contributed by atoms with Crippen LogP contribution in [-0.2, 0) is 24.0 Å². The number of carbonyl (C=O) groups excluding carboxylic acids is 2. The van der Waals surface area contributed by atoms with Crippen molar-refractivity contribution in [3.05, 3.63) is 0 Å². The summed E-state index contributed by atoms with van der Waals surface area (Å²) in [4.78, 5) is 54.4. The monoisotopic (exact) mass is 869 g/mol. The maximum atomic E-state index is 13.0. The first-order valence-electron chi connectivity index (χ1n) is 24.6. The zero-order valence-corrected chi connectivity index (χ0v) is 40.1. The van der Waals surface area contributed by atoms with Crippen molar-refractivity contribution in [2.75, 3.05) is 32.7 Å². The smallest absolute Gasteiger partial charge is 0.300 e. The van der Waals surface area contributed by atoms with E-state index in [1.807, 2.05) is 4.90 Å². The first-order valence-corrected chi connectivity index (χ1v) is 24.6. The number of carboxylic acid groups (broad SMARTS) is 3. The first kappa shape index (κ1) is 64.4. The van der Waals surface area contributed by atoms with Crippen molar-refractivity contribution in [3.8, 4) is 6.07 Å². The van der Waals surface area contributed by atoms with Crippen LogP contribution >= 0.6 is 0 Å². The lowest BCUT2D eigenvalue weighted by atomic mass is 10.0. The molecule has 0 atom stereocenters. The van der Waals surface area contributed by atoms with Crippen LogP contribution in [0.3, 0.4) is 0 Å². The van der Waals surface area contributed by atoms with Gasteiger partial charge in [0.1, 0.15) is 0 Å². The third-order valence-corrected chi connectivity index (χ3v) is 10.0. The Morgan fingerprint density at radius 3 is 1.03 bits per heavy atom. The predicted octanol–water partition coefficient (Wildman–Crippen LogP) is 12.2. The summed E-state index contributed by atoms with van der Waals surface area (Å²) in [5, 5.41) is 37.3. The van der Waals surface area contributed by atoms with Crippen molar-refractivity contribution in [2.24, 2.45) is 0 Å². The highest BCUT2D eigenvalue weighted by Crippen LogP contribution is 2.15. The minimum atomic E-state index is -0.833. The molecule has 2 amide bonds. The second-order valence-electron chi connectivity index (χ2n) is 16.3. The summed E-state index contributed by atoms with van der Waals surface area (Å²) in [6, 6.07) is 2.15. The minimum Gasteiger partial charge on any atom is -0.481 e. The van der Waals surface area contributed by atoms with Crippen molar-refractivity contribution < 1.29 is 39.3 Å². The van der Waals surface area contributed by atoms with Gasteiger partial charge in [-0.2, -0.15) is 5.26 Å². The lowest BCUT2D eigenvalue weighted by molar-refractivity contribution is -0.135. The molecule has 12 heteroatoms. The molecule has 0 aliphatic carbocycles. The van der Waals surface area contributed by atoms with E-state index in [1.54, 1.807) is 0 Å². The van der Waals surface area contributed by atoms with Gasteiger partial charge >= 0.3 is 0 Å². The average Bonchev–Trinajstić information content (AvgIpc) is 3.19. The Morgan fingerprint density at radius 2 is 0.721 bits per heavy atom. The molecule has 0 aliphatic rings. The number of rotatable bonds is 40. The third-order valence-electron chi connectivity index (χ3n) is 10.0. The van der Waals surface area contributed by atoms with Gasteiger partial charge in [0.15, 0.2) is 0 Å². The number of carboxylic acids is 3. The maximum Gasteiger partial charge on any atom is 0.300 e. The van der Waals surface area contributed by atoms with E-state index in [2.05, 4.69) is 30.6 Å². The van der Waals surface area contributed by atoms with Crippen LogP contribution in [0.4, 0.5) is 0 Å². The number of carbonyl (C=O) groups is 5. The van der Waals surface area contributed by atoms with Gasteiger partial charge < -0.3 is 30.9 Å². The standard InChI is InChI=1S/C43H84N4O2.3C2H4O2/c1-3-5-7-9-11-13-15-17-19-21-23-25-27-29-31-34-42(48)46-39-41-47(40-38-45-37-33-36-44)43(49)35-32-30-28-26-24-22-20-18-16-14-12-10-8-6-4-2;3*1-2(3)4/h45H,3-35,37-41H2,1-2H3,(H,46,48);3*1H3,(H,3,4). The minimum absolute atomic E-state index is 0.108. The molecule has 0 aromatic carbocycles. The van der Waals surface area contributed by atoms with Crippen molar-refractivity contribution in [3.63, 3.8) is 0 Å². The Bertz CT molecular complexity index is 981. The molecule has 0 aromatic heterocycles. The number of nitrogens with zero attached hydrogens (tertiary/aromatic N) is 2. The van der Waals surface area contributed by atoms with Crippen LogP contribution in [0.25, 0.3) is 0 Å². The molecular weight excluding hydrogens is 773 g/mol. The molecule has 0 spiro atoms. The number of unbranched alkanes of at least 4 members (excludes halogenated alkanes) is 28. The van der Waals surface area contributed by atoms with Crippen LogP contribution in [-0.4, -0.2) is 82.7 Å². The van der Waals surface area contributed by atoms with Gasteiger partial charge in [0, 0.05) is 72.8 Å². The van der Waals surface area contributed by atoms with Gasteiger partial charge in [-0.25, -0.2) is 0 Å². The molecular formula is C49H96N4O8. The summed E-state index contributed by atoms with van der Waals surface area (Å²) in [7, 11) is 0. The van der Waals surface area contributed by atoms with Crippen LogP contribution < -0.4 is 10.6 Å². The fraction of sp³-hybridized carbons (Fsp3) is 0.878. The molecule has 0 saturated heterocycles. The highest BCUT2D eigenvalue weighted by Gasteiger charge is 2.13. The van der Waals surface area contributed by atoms with E-state index in [-0.39, 0.29) is 11.8 Å². The Labute approximate surface area is 374 Å². The highest BCUT2D eigenvalue weighted by atomic mass is 16.4. The van der Waals surface area contributed by atoms with Crippen LogP contribution in [0.1, 0.15) is 247 Å². The van der Waals surface area contributed by atoms with Crippen molar-refractivity contribution in [2.45, 2.75) is 247 Å². The fourth-order valence-corrected chi connectivity index (χ4v) is 6.73. The largest absolute Gasteiger partial charge is 0.481 e. The van der Waals surface area contributed by atoms with Crippen molar-refractivity contribution in [1.82, 2.24) is 15.5 Å². The molecule has 0 heterocycles. The first-order chi connectivity index (χ1) is 29.3. The summed E-state index contributed by atoms with van der Waals surface area (Å²) in [5.74, 6) is -2.20. The topological polar surface area (TPSA) is 197 Å². The van der Waals surface area contributed by atoms with Gasteiger partial charge in [-0.1, -0.05) is 194 Å². The third kappa shape index (κ3) is 74.7. The number of hydrogen-bond donors (Lipinski definition) is 5. The van der Waals surface area contributed by atoms with Gasteiger partial charge in [0.25, 0.3) is 17.9 Å². The van der Waals surface area contributed by atoms with E-state index in [4.69, 9.17) is 35.0 Å². The second-order valence-corrected chi connectivity index (χ2v) is 16.3. The average molecular weight is 869 g/mol. The molecule has 5 N–H and O–H groups in total. The van der Waals surface area contributed by atoms with E-state index in [9.17, 15) is 9.59 Å². The lowest BCUT2D eigenvalue weighted by Gasteiger charge is -2.23. The summed E-state index contributed by atoms with van der Waals surface area (Å²) < 4.78 is 0. The predicted molar refractivity (Wildman–Crippen MR) is 252 cm³/mol. The quantitative estimate of drug-likeness (QED) is 0.0369. The van der Waals surface area contributed by atoms with Crippen LogP contribution in [0.2, 0.25) is 0 Å². The Morgan fingerprint density at radius 1 is 0.443 bits per heavy atom. The van der Waals surface area contributed by atoms with Gasteiger partial charge in [0.2, 0.25) is 11.8 Å². The van der Waals surface area contributed by atoms with Gasteiger partial charge in [-0.15, -0.1) is 0 Å². The number of hydrogen-bond acceptors (Lipinski definition) is 7. The van der Waals surface area contributed by atoms with Crippen molar-refractivity contribution >= 4 is 29.7 Å². The Kier molecular flexibility index (Phi) is 60.0. The zero-order valence-electron chi connectivity index (χ0n) is 40.1. The van der Waals surface area contributed by atoms with E-state index >= 15 is 0 Å². The number of nitriles is 1. The van der Waals surface area contributed by atoms with Gasteiger partial charge in [0.05, 0.1) is 6.07 Å². The fourth-order valence-electron chi connectivity index (χ4n) is 6.73. The summed E-state index contributed by atoms with van der Waals surface area (Å²) >= 11 is 0. The van der Waals surface area contributed by atoms with Crippen LogP contribution in [0.5, 0.6) is 0 Å². The summed E-state index contributed by atoms with van der Waals surface area (Å²) in [6.07, 6.45) is 41.3. The molecule has 0 aromatic rings. The molecule has 12 nitrogen and oxygen atoms in total. The van der Waals surface area contributed by atoms with Gasteiger partial charge in [-0.05, 0) is 12.8 Å². The van der Waals surface area contributed by atoms with Crippen molar-refractivity contribution in [1.29, 1.82) is 5.26 Å². The Hall–Kier alpha value is -3.20. The number of aliphatic carboxylic acids is 3. The Balaban J connectivity index is -0.00000118. The zero-order chi connectivity index (χ0) is 46.5. The molecule has 0 aliphatic heterocycles. The molecule has 0 radical (unpaired) electrons. The molecule has 0 fully saturated rings. The summed E-state index contributed by atoms with van der Waals surface area (Å²) in [6.45, 7) is 10.8. The SMILES string of the molecule is CC(=O)O.CC(=O)O.CC(=O)O.CCCCCCCCCCCCCCCCCC(=O)NCCN(CCNCCC#N)C(=O)CCCCCCCCCCCCCCCCC. The van der Waals surface area contributed by atoms with E-state index in [1.165, 1.54) is 167 Å². The lowest BCUT2D eigenvalue weighted by Crippen LogP contribution is -2.42. The maximum absolute atomic E-state index is 13.0. The molecule has 61 heavy (non-hydrogen) atoms. The van der Waals surface area contributed by atoms with Crippen LogP contribution in [0.15, 0.2) is 0 Å². The normalized spacial score (nSPS) is 10.2. The van der Waals surface area contributed by atoms with Crippen LogP contribution in [0, 0.1) is 11.3 Å². The second kappa shape index (κ2) is 56.8. The number of amides is 2. The summed E-state index contributed by atoms with van der Waals surface area (Å²) in [5.41, 5.74) is 0. The molecule has 0 rings (SSSR count). The van der Waals surface area contributed by atoms with Gasteiger partial charge in [-0.3, -0.25) is 24.0 Å². The highest BCUT2D eigenvalue weighted by molar-refractivity contribution is 5.77. The molecule has 0 saturated carbocycles. The molecule has 360 valence electrons. The number of nitrogens with one attached hydrogen (secondary N) is 2. The van der Waals surface area contributed by atoms with E-state index in [0.717, 1.165) is 46.5 Å².